The van der Waals surface area contributed by atoms with Crippen molar-refractivity contribution in [3.63, 3.8) is 0 Å². The minimum atomic E-state index is -0.690. The van der Waals surface area contributed by atoms with E-state index in [2.05, 4.69) is 0 Å². The molecule has 1 heterocycles. The number of allylic oxidation sites excluding steroid dienone is 6. The molecule has 2 aromatic rings. The van der Waals surface area contributed by atoms with Crippen molar-refractivity contribution in [1.29, 1.82) is 0 Å². The SMILES string of the molecule is CC1=CC(=O)C2=C(C1=O)[C@@H](c1ccc(OCc3ccccc3)cc1O)C1=CC[C@@H]3C(=O)N(C4CCCCC4)C(=O)[C@@H]3[C@@H]1C2. The zero-order valence-electron chi connectivity index (χ0n) is 24.3. The minimum Gasteiger partial charge on any atom is -0.507 e. The summed E-state index contributed by atoms with van der Waals surface area (Å²) < 4.78 is 5.93. The van der Waals surface area contributed by atoms with Crippen LogP contribution in [0.4, 0.5) is 0 Å². The molecule has 0 unspecified atom stereocenters. The number of aromatic hydroxyl groups is 1. The molecule has 4 aliphatic carbocycles. The number of ether oxygens (including phenoxy) is 1. The predicted octanol–water partition coefficient (Wildman–Crippen LogP) is 5.73. The topological polar surface area (TPSA) is 101 Å². The first-order valence-electron chi connectivity index (χ1n) is 15.4. The number of nitrogens with zero attached hydrogens (tertiary/aromatic N) is 1. The number of phenols is 1. The summed E-state index contributed by atoms with van der Waals surface area (Å²) in [5.41, 5.74) is 3.45. The smallest absolute Gasteiger partial charge is 0.233 e. The standard InChI is InChI=1S/C36H35NO6/c1-20-16-29(38)28-18-27-24(14-15-26-32(27)36(42)37(35(26)41)22-10-6-3-7-11-22)31(33(28)34(20)40)25-13-12-23(17-30(25)39)43-19-21-8-4-2-5-9-21/h2,4-5,8-9,12-14,16-17,22,26-27,31-32,39H,3,6-7,10-11,15,18-19H2,1H3/t26-,27+,31+,32-/m0/s1. The number of ketones is 2. The van der Waals surface area contributed by atoms with E-state index in [-0.39, 0.29) is 41.6 Å². The highest BCUT2D eigenvalue weighted by atomic mass is 16.5. The average molecular weight is 578 g/mol. The number of carbonyl (C=O) groups is 4. The number of fused-ring (bicyclic) bond motifs is 3. The third-order valence-corrected chi connectivity index (χ3v) is 10.1. The Morgan fingerprint density at radius 1 is 0.930 bits per heavy atom. The van der Waals surface area contributed by atoms with Crippen LogP contribution >= 0.6 is 0 Å². The lowest BCUT2D eigenvalue weighted by molar-refractivity contribution is -0.143. The lowest BCUT2D eigenvalue weighted by Crippen LogP contribution is -2.43. The maximum Gasteiger partial charge on any atom is 0.233 e. The largest absolute Gasteiger partial charge is 0.507 e. The summed E-state index contributed by atoms with van der Waals surface area (Å²) in [5, 5.41) is 11.4. The van der Waals surface area contributed by atoms with Crippen molar-refractivity contribution in [2.45, 2.75) is 70.4 Å². The summed E-state index contributed by atoms with van der Waals surface area (Å²) in [6.45, 7) is 1.97. The number of phenolic OH excluding ortho intramolecular Hbond substituents is 1. The van der Waals surface area contributed by atoms with Crippen molar-refractivity contribution < 1.29 is 29.0 Å². The van der Waals surface area contributed by atoms with Crippen molar-refractivity contribution in [3.05, 3.63) is 94.1 Å². The van der Waals surface area contributed by atoms with Crippen LogP contribution in [-0.4, -0.2) is 39.4 Å². The van der Waals surface area contributed by atoms with Gasteiger partial charge in [-0.25, -0.2) is 0 Å². The molecule has 220 valence electrons. The summed E-state index contributed by atoms with van der Waals surface area (Å²) >= 11 is 0. The number of amides is 2. The zero-order valence-corrected chi connectivity index (χ0v) is 24.3. The molecule has 5 aliphatic rings. The molecule has 2 fully saturated rings. The fourth-order valence-corrected chi connectivity index (χ4v) is 8.04. The van der Waals surface area contributed by atoms with Crippen LogP contribution in [0, 0.1) is 17.8 Å². The first-order valence-corrected chi connectivity index (χ1v) is 15.4. The zero-order chi connectivity index (χ0) is 29.8. The third-order valence-electron chi connectivity index (χ3n) is 10.1. The number of benzene rings is 2. The van der Waals surface area contributed by atoms with Crippen LogP contribution in [0.15, 0.2) is 83.0 Å². The number of Topliss-reactive ketones (excluding diaryl/α,β-unsaturated/α-hetero) is 1. The highest BCUT2D eigenvalue weighted by molar-refractivity contribution is 6.24. The van der Waals surface area contributed by atoms with Gasteiger partial charge in [0.15, 0.2) is 11.6 Å². The Morgan fingerprint density at radius 3 is 2.44 bits per heavy atom. The molecule has 1 aliphatic heterocycles. The van der Waals surface area contributed by atoms with E-state index in [4.69, 9.17) is 4.74 Å². The van der Waals surface area contributed by atoms with E-state index in [1.54, 1.807) is 30.0 Å². The van der Waals surface area contributed by atoms with Gasteiger partial charge in [-0.15, -0.1) is 0 Å². The van der Waals surface area contributed by atoms with E-state index in [0.717, 1.165) is 43.2 Å². The number of carbonyl (C=O) groups excluding carboxylic acids is 4. The van der Waals surface area contributed by atoms with E-state index in [1.165, 1.54) is 6.08 Å². The summed E-state index contributed by atoms with van der Waals surface area (Å²) in [7, 11) is 0. The lowest BCUT2D eigenvalue weighted by Gasteiger charge is -2.42. The summed E-state index contributed by atoms with van der Waals surface area (Å²) in [5.74, 6) is -2.38. The molecular formula is C36H35NO6. The minimum absolute atomic E-state index is 0.0452. The maximum absolute atomic E-state index is 14.0. The van der Waals surface area contributed by atoms with Gasteiger partial charge in [0.05, 0.1) is 11.8 Å². The maximum atomic E-state index is 14.0. The van der Waals surface area contributed by atoms with Gasteiger partial charge in [0.1, 0.15) is 18.1 Å². The van der Waals surface area contributed by atoms with Crippen LogP contribution in [0.1, 0.15) is 68.9 Å². The van der Waals surface area contributed by atoms with E-state index < -0.39 is 23.7 Å². The van der Waals surface area contributed by atoms with Crippen molar-refractivity contribution in [2.24, 2.45) is 17.8 Å². The van der Waals surface area contributed by atoms with Gasteiger partial charge in [-0.05, 0) is 56.2 Å². The van der Waals surface area contributed by atoms with Crippen LogP contribution in [0.3, 0.4) is 0 Å². The van der Waals surface area contributed by atoms with Gasteiger partial charge in [0, 0.05) is 40.3 Å². The Bertz CT molecular complexity index is 1630. The molecule has 2 aromatic carbocycles. The van der Waals surface area contributed by atoms with E-state index in [9.17, 15) is 24.3 Å². The molecule has 1 saturated carbocycles. The predicted molar refractivity (Wildman–Crippen MR) is 159 cm³/mol. The van der Waals surface area contributed by atoms with Gasteiger partial charge in [0.25, 0.3) is 0 Å². The van der Waals surface area contributed by atoms with Gasteiger partial charge in [-0.2, -0.15) is 0 Å². The van der Waals surface area contributed by atoms with E-state index in [0.29, 0.717) is 41.1 Å². The molecule has 1 saturated heterocycles. The first-order chi connectivity index (χ1) is 20.8. The van der Waals surface area contributed by atoms with Gasteiger partial charge in [-0.1, -0.05) is 67.3 Å². The van der Waals surface area contributed by atoms with E-state index in [1.807, 2.05) is 36.4 Å². The summed E-state index contributed by atoms with van der Waals surface area (Å²) in [6.07, 6.45) is 8.83. The molecule has 0 radical (unpaired) electrons. The molecule has 7 heteroatoms. The molecule has 43 heavy (non-hydrogen) atoms. The molecular weight excluding hydrogens is 542 g/mol. The molecule has 0 aromatic heterocycles. The molecule has 0 spiro atoms. The van der Waals surface area contributed by atoms with Gasteiger partial charge >= 0.3 is 0 Å². The van der Waals surface area contributed by atoms with Crippen molar-refractivity contribution in [3.8, 4) is 11.5 Å². The fourth-order valence-electron chi connectivity index (χ4n) is 8.04. The highest BCUT2D eigenvalue weighted by Crippen LogP contribution is 2.56. The van der Waals surface area contributed by atoms with Crippen molar-refractivity contribution in [2.75, 3.05) is 0 Å². The Morgan fingerprint density at radius 2 is 1.70 bits per heavy atom. The van der Waals surface area contributed by atoms with Gasteiger partial charge in [0.2, 0.25) is 11.8 Å². The number of likely N-dealkylation sites (tertiary alicyclic amines) is 1. The second-order valence-corrected chi connectivity index (χ2v) is 12.6. The molecule has 4 atom stereocenters. The number of hydrogen-bond donors (Lipinski definition) is 1. The first kappa shape index (κ1) is 27.6. The normalized spacial score (nSPS) is 27.4. The van der Waals surface area contributed by atoms with Crippen LogP contribution < -0.4 is 4.74 Å². The lowest BCUT2D eigenvalue weighted by atomic mass is 9.59. The summed E-state index contributed by atoms with van der Waals surface area (Å²) in [4.78, 5) is 56.3. The quantitative estimate of drug-likeness (QED) is 0.277. The second kappa shape index (κ2) is 10.8. The average Bonchev–Trinajstić information content (AvgIpc) is 3.28. The monoisotopic (exact) mass is 577 g/mol. The Labute approximate surface area is 250 Å². The Kier molecular flexibility index (Phi) is 6.91. The molecule has 0 bridgehead atoms. The van der Waals surface area contributed by atoms with Crippen LogP contribution in [0.25, 0.3) is 0 Å². The van der Waals surface area contributed by atoms with Crippen molar-refractivity contribution in [1.82, 2.24) is 4.90 Å². The Balaban J connectivity index is 1.26. The van der Waals surface area contributed by atoms with E-state index >= 15 is 0 Å². The van der Waals surface area contributed by atoms with Crippen LogP contribution in [0.2, 0.25) is 0 Å². The molecule has 2 amide bonds. The second-order valence-electron chi connectivity index (χ2n) is 12.6. The van der Waals surface area contributed by atoms with Crippen LogP contribution in [0.5, 0.6) is 11.5 Å². The highest BCUT2D eigenvalue weighted by Gasteiger charge is 2.57. The Hall–Kier alpha value is -4.26. The molecule has 7 rings (SSSR count). The third kappa shape index (κ3) is 4.57. The fraction of sp³-hybridized carbons (Fsp3) is 0.389. The van der Waals surface area contributed by atoms with Crippen LogP contribution in [-0.2, 0) is 25.8 Å². The number of rotatable bonds is 5. The number of imide groups is 1. The van der Waals surface area contributed by atoms with Gasteiger partial charge in [-0.3, -0.25) is 24.1 Å². The summed E-state index contributed by atoms with van der Waals surface area (Å²) in [6, 6.07) is 14.7. The van der Waals surface area contributed by atoms with Crippen molar-refractivity contribution >= 4 is 23.4 Å². The molecule has 7 nitrogen and oxygen atoms in total. The van der Waals surface area contributed by atoms with Gasteiger partial charge < -0.3 is 9.84 Å². The molecule has 1 N–H and O–H groups in total. The number of hydrogen-bond acceptors (Lipinski definition) is 6.